The van der Waals surface area contributed by atoms with Gasteiger partial charge in [-0.3, -0.25) is 14.2 Å². The van der Waals surface area contributed by atoms with Crippen LogP contribution in [0.1, 0.15) is 31.0 Å². The summed E-state index contributed by atoms with van der Waals surface area (Å²) in [5.41, 5.74) is 2.70. The fraction of sp³-hybridized carbons (Fsp3) is 0.231. The minimum Gasteiger partial charge on any atom is -0.497 e. The van der Waals surface area contributed by atoms with Crippen molar-refractivity contribution in [3.63, 3.8) is 0 Å². The summed E-state index contributed by atoms with van der Waals surface area (Å²) in [5.74, 6) is -0.232. The maximum absolute atomic E-state index is 14.0. The number of carbonyl (C=O) groups excluding carboxylic acids is 2. The summed E-state index contributed by atoms with van der Waals surface area (Å²) < 4.78 is 13.3. The van der Waals surface area contributed by atoms with Gasteiger partial charge in [0, 0.05) is 17.1 Å². The third-order valence-corrected chi connectivity index (χ3v) is 7.78. The molecule has 0 unspecified atom stereocenters. The highest BCUT2D eigenvalue weighted by Crippen LogP contribution is 2.36. The SMILES string of the molecule is CCOC(=O)C1=C(C)N=c2s/c(=C3\C(=O)N(C)c4ccc(Br)cc43)c(=O)n2[C@@H]1c1cccc(OC)c1. The van der Waals surface area contributed by atoms with E-state index in [4.69, 9.17) is 9.47 Å². The number of halogens is 1. The number of rotatable bonds is 4. The van der Waals surface area contributed by atoms with Crippen molar-refractivity contribution in [1.82, 2.24) is 4.57 Å². The van der Waals surface area contributed by atoms with Gasteiger partial charge in [-0.15, -0.1) is 0 Å². The number of thiazole rings is 1. The molecule has 0 aliphatic carbocycles. The number of likely N-dealkylation sites (N-methyl/N-ethyl adjacent to an activating group) is 1. The van der Waals surface area contributed by atoms with Crippen molar-refractivity contribution in [2.24, 2.45) is 4.99 Å². The summed E-state index contributed by atoms with van der Waals surface area (Å²) in [6.07, 6.45) is 0. The van der Waals surface area contributed by atoms with E-state index in [9.17, 15) is 14.4 Å². The fourth-order valence-corrected chi connectivity index (χ4v) is 6.08. The molecule has 184 valence electrons. The number of fused-ring (bicyclic) bond motifs is 2. The van der Waals surface area contributed by atoms with E-state index < -0.39 is 17.6 Å². The Morgan fingerprint density at radius 1 is 1.19 bits per heavy atom. The Hall–Kier alpha value is -3.50. The molecule has 2 aliphatic heterocycles. The van der Waals surface area contributed by atoms with E-state index in [1.165, 1.54) is 9.47 Å². The number of nitrogens with zero attached hydrogens (tertiary/aromatic N) is 3. The summed E-state index contributed by atoms with van der Waals surface area (Å²) in [5, 5.41) is 0. The van der Waals surface area contributed by atoms with Gasteiger partial charge in [0.2, 0.25) is 0 Å². The molecular weight excluding hydrogens is 546 g/mol. The molecule has 0 radical (unpaired) electrons. The Bertz CT molecular complexity index is 1650. The van der Waals surface area contributed by atoms with Crippen LogP contribution in [-0.2, 0) is 14.3 Å². The van der Waals surface area contributed by atoms with Gasteiger partial charge in [-0.05, 0) is 49.7 Å². The predicted octanol–water partition coefficient (Wildman–Crippen LogP) is 2.92. The zero-order chi connectivity index (χ0) is 25.7. The minimum absolute atomic E-state index is 0.182. The number of ether oxygens (including phenoxy) is 2. The van der Waals surface area contributed by atoms with Crippen LogP contribution in [0.25, 0.3) is 5.57 Å². The molecule has 2 aliphatic rings. The highest BCUT2D eigenvalue weighted by molar-refractivity contribution is 9.10. The van der Waals surface area contributed by atoms with Gasteiger partial charge in [0.25, 0.3) is 11.5 Å². The van der Waals surface area contributed by atoms with Crippen molar-refractivity contribution in [1.29, 1.82) is 0 Å². The van der Waals surface area contributed by atoms with Gasteiger partial charge < -0.3 is 14.4 Å². The predicted molar refractivity (Wildman–Crippen MR) is 140 cm³/mol. The molecule has 0 fully saturated rings. The van der Waals surface area contributed by atoms with Crippen molar-refractivity contribution in [2.75, 3.05) is 25.7 Å². The molecule has 8 nitrogen and oxygen atoms in total. The van der Waals surface area contributed by atoms with E-state index in [0.717, 1.165) is 21.5 Å². The third-order valence-electron chi connectivity index (χ3n) is 6.24. The lowest BCUT2D eigenvalue weighted by Crippen LogP contribution is -2.40. The molecule has 0 spiro atoms. The van der Waals surface area contributed by atoms with Gasteiger partial charge in [0.05, 0.1) is 42.3 Å². The smallest absolute Gasteiger partial charge is 0.338 e. The number of amides is 1. The number of carbonyl (C=O) groups is 2. The van der Waals surface area contributed by atoms with Crippen LogP contribution in [0.2, 0.25) is 0 Å². The van der Waals surface area contributed by atoms with Gasteiger partial charge in [0.15, 0.2) is 4.80 Å². The number of methoxy groups -OCH3 is 1. The van der Waals surface area contributed by atoms with Crippen LogP contribution < -0.4 is 24.5 Å². The zero-order valence-corrected chi connectivity index (χ0v) is 22.4. The monoisotopic (exact) mass is 567 g/mol. The molecule has 3 aromatic rings. The number of allylic oxidation sites excluding steroid dienone is 1. The first-order chi connectivity index (χ1) is 17.3. The van der Waals surface area contributed by atoms with Crippen LogP contribution in [0.5, 0.6) is 5.75 Å². The fourth-order valence-electron chi connectivity index (χ4n) is 4.58. The topological polar surface area (TPSA) is 90.2 Å². The van der Waals surface area contributed by atoms with E-state index in [-0.39, 0.29) is 22.6 Å². The van der Waals surface area contributed by atoms with Crippen molar-refractivity contribution >= 4 is 50.4 Å². The van der Waals surface area contributed by atoms with Crippen LogP contribution in [0, 0.1) is 0 Å². The highest BCUT2D eigenvalue weighted by atomic mass is 79.9. The Kier molecular flexibility index (Phi) is 6.17. The molecule has 0 saturated carbocycles. The van der Waals surface area contributed by atoms with Gasteiger partial charge in [0.1, 0.15) is 10.3 Å². The Morgan fingerprint density at radius 3 is 2.69 bits per heavy atom. The Morgan fingerprint density at radius 2 is 1.97 bits per heavy atom. The van der Waals surface area contributed by atoms with Crippen molar-refractivity contribution < 1.29 is 19.1 Å². The van der Waals surface area contributed by atoms with E-state index in [1.54, 1.807) is 46.2 Å². The number of hydrogen-bond acceptors (Lipinski definition) is 7. The number of hydrogen-bond donors (Lipinski definition) is 0. The summed E-state index contributed by atoms with van der Waals surface area (Å²) >= 11 is 4.61. The lowest BCUT2D eigenvalue weighted by molar-refractivity contribution is -0.139. The molecule has 1 atom stereocenters. The second-order valence-corrected chi connectivity index (χ2v) is 10.2. The second-order valence-electron chi connectivity index (χ2n) is 8.30. The maximum atomic E-state index is 14.0. The van der Waals surface area contributed by atoms with Crippen LogP contribution >= 0.6 is 27.3 Å². The quantitative estimate of drug-likeness (QED) is 0.452. The summed E-state index contributed by atoms with van der Waals surface area (Å²) in [7, 11) is 3.23. The van der Waals surface area contributed by atoms with E-state index >= 15 is 0 Å². The average Bonchev–Trinajstić information content (AvgIpc) is 3.30. The van der Waals surface area contributed by atoms with Crippen molar-refractivity contribution in [2.45, 2.75) is 19.9 Å². The summed E-state index contributed by atoms with van der Waals surface area (Å²) in [6.45, 7) is 3.63. The highest BCUT2D eigenvalue weighted by Gasteiger charge is 2.36. The van der Waals surface area contributed by atoms with Crippen molar-refractivity contribution in [3.05, 3.63) is 89.0 Å². The van der Waals surface area contributed by atoms with Gasteiger partial charge in [-0.2, -0.15) is 0 Å². The number of benzene rings is 2. The molecular formula is C26H22BrN3O5S. The van der Waals surface area contributed by atoms with Crippen LogP contribution in [-0.4, -0.2) is 37.2 Å². The largest absolute Gasteiger partial charge is 0.497 e. The standard InChI is InChI=1S/C26H22BrN3O5S/c1-5-35-25(33)19-13(2)28-26-30(21(19)14-7-6-8-16(11-14)34-4)24(32)22(36-26)20-17-12-15(27)9-10-18(17)29(3)23(20)31/h6-12,21H,5H2,1-4H3/b22-20-/t21-/m1/s1. The van der Waals surface area contributed by atoms with Gasteiger partial charge in [-0.25, -0.2) is 9.79 Å². The molecule has 36 heavy (non-hydrogen) atoms. The first-order valence-corrected chi connectivity index (χ1v) is 12.8. The molecule has 0 bridgehead atoms. The molecule has 0 N–H and O–H groups in total. The third kappa shape index (κ3) is 3.72. The van der Waals surface area contributed by atoms with E-state index in [0.29, 0.717) is 32.9 Å². The van der Waals surface area contributed by atoms with E-state index in [2.05, 4.69) is 20.9 Å². The lowest BCUT2D eigenvalue weighted by atomic mass is 9.95. The zero-order valence-electron chi connectivity index (χ0n) is 20.0. The first kappa shape index (κ1) is 24.2. The number of anilines is 1. The molecule has 1 aromatic heterocycles. The normalized spacial score (nSPS) is 18.1. The summed E-state index contributed by atoms with van der Waals surface area (Å²) in [4.78, 5) is 46.9. The Labute approximate surface area is 218 Å². The van der Waals surface area contributed by atoms with Gasteiger partial charge >= 0.3 is 5.97 Å². The molecule has 3 heterocycles. The molecule has 2 aromatic carbocycles. The van der Waals surface area contributed by atoms with Crippen LogP contribution in [0.3, 0.4) is 0 Å². The lowest BCUT2D eigenvalue weighted by Gasteiger charge is -2.25. The maximum Gasteiger partial charge on any atom is 0.338 e. The van der Waals surface area contributed by atoms with Gasteiger partial charge in [-0.1, -0.05) is 39.4 Å². The number of aromatic nitrogens is 1. The summed E-state index contributed by atoms with van der Waals surface area (Å²) in [6, 6.07) is 11.9. The first-order valence-electron chi connectivity index (χ1n) is 11.2. The van der Waals surface area contributed by atoms with E-state index in [1.807, 2.05) is 24.3 Å². The second kappa shape index (κ2) is 9.18. The molecule has 10 heteroatoms. The molecule has 0 saturated heterocycles. The minimum atomic E-state index is -0.791. The van der Waals surface area contributed by atoms with Crippen molar-refractivity contribution in [3.8, 4) is 5.75 Å². The average molecular weight is 568 g/mol. The Balaban J connectivity index is 1.84. The molecule has 5 rings (SSSR count). The molecule has 1 amide bonds. The van der Waals surface area contributed by atoms with Crippen LogP contribution in [0.15, 0.2) is 68.0 Å². The number of esters is 1. The van der Waals surface area contributed by atoms with Crippen LogP contribution in [0.4, 0.5) is 5.69 Å².